The van der Waals surface area contributed by atoms with E-state index in [2.05, 4.69) is 5.32 Å². The first-order valence-corrected chi connectivity index (χ1v) is 6.88. The fourth-order valence-corrected chi connectivity index (χ4v) is 2.11. The van der Waals surface area contributed by atoms with Gasteiger partial charge in [0.25, 0.3) is 5.91 Å². The Morgan fingerprint density at radius 2 is 2.00 bits per heavy atom. The number of phenolic OH excluding ortho intramolecular Hbond substituents is 1. The van der Waals surface area contributed by atoms with Gasteiger partial charge in [-0.25, -0.2) is 0 Å². The molecule has 1 amide bonds. The highest BCUT2D eigenvalue weighted by Crippen LogP contribution is 2.22. The Balaban J connectivity index is 2.14. The number of aromatic hydroxyl groups is 1. The maximum Gasteiger partial charge on any atom is 0.254 e. The summed E-state index contributed by atoms with van der Waals surface area (Å²) < 4.78 is 0. The quantitative estimate of drug-likeness (QED) is 0.910. The summed E-state index contributed by atoms with van der Waals surface area (Å²) in [4.78, 5) is 13.5. The van der Waals surface area contributed by atoms with Crippen LogP contribution >= 0.6 is 11.6 Å². The lowest BCUT2D eigenvalue weighted by atomic mass is 10.1. The van der Waals surface area contributed by atoms with Gasteiger partial charge in [0.2, 0.25) is 0 Å². The molecule has 0 aliphatic carbocycles. The minimum Gasteiger partial charge on any atom is -0.508 e. The van der Waals surface area contributed by atoms with Crippen LogP contribution in [0.3, 0.4) is 0 Å². The predicted molar refractivity (Wildman–Crippen MR) is 84.9 cm³/mol. The van der Waals surface area contributed by atoms with E-state index in [1.54, 1.807) is 44.4 Å². The van der Waals surface area contributed by atoms with E-state index in [1.165, 1.54) is 4.90 Å². The molecule has 4 nitrogen and oxygen atoms in total. The number of halogens is 1. The minimum absolute atomic E-state index is 0.138. The number of benzene rings is 2. The number of nitrogens with zero attached hydrogens (tertiary/aromatic N) is 1. The van der Waals surface area contributed by atoms with E-state index in [0.717, 1.165) is 11.3 Å². The van der Waals surface area contributed by atoms with E-state index in [4.69, 9.17) is 11.6 Å². The Bertz CT molecular complexity index is 656. The molecule has 2 aromatic rings. The maximum absolute atomic E-state index is 12.0. The molecule has 0 radical (unpaired) electrons. The van der Waals surface area contributed by atoms with Crippen LogP contribution in [0.15, 0.2) is 42.5 Å². The van der Waals surface area contributed by atoms with Crippen molar-refractivity contribution in [3.8, 4) is 5.75 Å². The average Bonchev–Trinajstić information content (AvgIpc) is 2.45. The van der Waals surface area contributed by atoms with E-state index in [1.807, 2.05) is 12.1 Å². The highest BCUT2D eigenvalue weighted by Gasteiger charge is 2.13. The molecule has 2 aromatic carbocycles. The number of carbonyl (C=O) groups excluding carboxylic acids is 1. The zero-order valence-electron chi connectivity index (χ0n) is 11.9. The molecule has 21 heavy (non-hydrogen) atoms. The van der Waals surface area contributed by atoms with Gasteiger partial charge in [-0.15, -0.1) is 0 Å². The molecule has 0 saturated carbocycles. The van der Waals surface area contributed by atoms with Gasteiger partial charge in [-0.1, -0.05) is 23.7 Å². The van der Waals surface area contributed by atoms with Gasteiger partial charge < -0.3 is 15.3 Å². The number of anilines is 1. The van der Waals surface area contributed by atoms with Gasteiger partial charge >= 0.3 is 0 Å². The van der Waals surface area contributed by atoms with Crippen molar-refractivity contribution in [3.05, 3.63) is 58.6 Å². The van der Waals surface area contributed by atoms with E-state index in [-0.39, 0.29) is 11.7 Å². The molecule has 2 N–H and O–H groups in total. The SMILES string of the molecule is CN(C)C(=O)c1cc(NCc2cccc(O)c2)ccc1Cl. The van der Waals surface area contributed by atoms with E-state index < -0.39 is 0 Å². The van der Waals surface area contributed by atoms with Gasteiger partial charge in [0, 0.05) is 26.3 Å². The molecule has 0 saturated heterocycles. The third kappa shape index (κ3) is 3.89. The average molecular weight is 305 g/mol. The third-order valence-electron chi connectivity index (χ3n) is 3.01. The summed E-state index contributed by atoms with van der Waals surface area (Å²) >= 11 is 6.06. The van der Waals surface area contributed by atoms with Gasteiger partial charge in [0.1, 0.15) is 5.75 Å². The zero-order chi connectivity index (χ0) is 15.4. The topological polar surface area (TPSA) is 52.6 Å². The second-order valence-corrected chi connectivity index (χ2v) is 5.32. The highest BCUT2D eigenvalue weighted by atomic mass is 35.5. The van der Waals surface area contributed by atoms with Crippen molar-refractivity contribution in [1.82, 2.24) is 4.90 Å². The van der Waals surface area contributed by atoms with Crippen molar-refractivity contribution < 1.29 is 9.90 Å². The number of carbonyl (C=O) groups is 1. The van der Waals surface area contributed by atoms with Crippen LogP contribution in [0.1, 0.15) is 15.9 Å². The fourth-order valence-electron chi connectivity index (χ4n) is 1.91. The Morgan fingerprint density at radius 3 is 2.67 bits per heavy atom. The van der Waals surface area contributed by atoms with Crippen LogP contribution in [-0.4, -0.2) is 30.0 Å². The van der Waals surface area contributed by atoms with Gasteiger partial charge in [-0.3, -0.25) is 4.79 Å². The molecular weight excluding hydrogens is 288 g/mol. The summed E-state index contributed by atoms with van der Waals surface area (Å²) in [5, 5.41) is 13.1. The molecule has 0 bridgehead atoms. The fraction of sp³-hybridized carbons (Fsp3) is 0.188. The Labute approximate surface area is 129 Å². The van der Waals surface area contributed by atoms with Crippen LogP contribution in [-0.2, 0) is 6.54 Å². The molecule has 0 aliphatic heterocycles. The Morgan fingerprint density at radius 1 is 1.24 bits per heavy atom. The second-order valence-electron chi connectivity index (χ2n) is 4.92. The molecule has 0 heterocycles. The summed E-state index contributed by atoms with van der Waals surface area (Å²) in [6, 6.07) is 12.3. The molecule has 2 rings (SSSR count). The lowest BCUT2D eigenvalue weighted by Gasteiger charge is -2.13. The number of hydrogen-bond acceptors (Lipinski definition) is 3. The highest BCUT2D eigenvalue weighted by molar-refractivity contribution is 6.34. The van der Waals surface area contributed by atoms with Crippen molar-refractivity contribution in [3.63, 3.8) is 0 Å². The normalized spacial score (nSPS) is 10.2. The predicted octanol–water partition coefficient (Wildman–Crippen LogP) is 3.36. The first-order valence-electron chi connectivity index (χ1n) is 6.50. The second kappa shape index (κ2) is 6.50. The van der Waals surface area contributed by atoms with Gasteiger partial charge in [0.15, 0.2) is 0 Å². The third-order valence-corrected chi connectivity index (χ3v) is 3.34. The Kier molecular flexibility index (Phi) is 4.70. The molecular formula is C16H17ClN2O2. The summed E-state index contributed by atoms with van der Waals surface area (Å²) in [7, 11) is 3.37. The maximum atomic E-state index is 12.0. The molecule has 5 heteroatoms. The van der Waals surface area contributed by atoms with E-state index in [0.29, 0.717) is 17.1 Å². The number of phenols is 1. The first kappa shape index (κ1) is 15.2. The van der Waals surface area contributed by atoms with Gasteiger partial charge in [0.05, 0.1) is 10.6 Å². The smallest absolute Gasteiger partial charge is 0.254 e. The monoisotopic (exact) mass is 304 g/mol. The molecule has 0 fully saturated rings. The van der Waals surface area contributed by atoms with Crippen molar-refractivity contribution in [2.75, 3.05) is 19.4 Å². The standard InChI is InChI=1S/C16H17ClN2O2/c1-19(2)16(21)14-9-12(6-7-15(14)17)18-10-11-4-3-5-13(20)8-11/h3-9,18,20H,10H2,1-2H3. The molecule has 0 spiro atoms. The summed E-state index contributed by atoms with van der Waals surface area (Å²) in [6.45, 7) is 0.547. The lowest BCUT2D eigenvalue weighted by molar-refractivity contribution is 0.0828. The van der Waals surface area contributed by atoms with Crippen LogP contribution < -0.4 is 5.32 Å². The molecule has 0 aromatic heterocycles. The van der Waals surface area contributed by atoms with E-state index in [9.17, 15) is 9.90 Å². The summed E-state index contributed by atoms with van der Waals surface area (Å²) in [5.41, 5.74) is 2.21. The number of hydrogen-bond donors (Lipinski definition) is 2. The number of nitrogens with one attached hydrogen (secondary N) is 1. The van der Waals surface area contributed by atoms with Crippen molar-refractivity contribution in [2.45, 2.75) is 6.54 Å². The van der Waals surface area contributed by atoms with Crippen LogP contribution in [0.4, 0.5) is 5.69 Å². The molecule has 110 valence electrons. The van der Waals surface area contributed by atoms with Crippen LogP contribution in [0, 0.1) is 0 Å². The first-order chi connectivity index (χ1) is 9.97. The largest absolute Gasteiger partial charge is 0.508 e. The van der Waals surface area contributed by atoms with Crippen molar-refractivity contribution in [2.24, 2.45) is 0 Å². The number of rotatable bonds is 4. The molecule has 0 unspecified atom stereocenters. The van der Waals surface area contributed by atoms with E-state index >= 15 is 0 Å². The van der Waals surface area contributed by atoms with Crippen molar-refractivity contribution >= 4 is 23.2 Å². The van der Waals surface area contributed by atoms with Crippen molar-refractivity contribution in [1.29, 1.82) is 0 Å². The minimum atomic E-state index is -0.138. The van der Waals surface area contributed by atoms with Crippen LogP contribution in [0.5, 0.6) is 5.75 Å². The van der Waals surface area contributed by atoms with Crippen LogP contribution in [0.25, 0.3) is 0 Å². The van der Waals surface area contributed by atoms with Crippen LogP contribution in [0.2, 0.25) is 5.02 Å². The van der Waals surface area contributed by atoms with Gasteiger partial charge in [-0.05, 0) is 35.9 Å². The summed E-state index contributed by atoms with van der Waals surface area (Å²) in [6.07, 6.45) is 0. The summed E-state index contributed by atoms with van der Waals surface area (Å²) in [5.74, 6) is 0.0925. The van der Waals surface area contributed by atoms with Gasteiger partial charge in [-0.2, -0.15) is 0 Å². The zero-order valence-corrected chi connectivity index (χ0v) is 12.7. The number of amides is 1. The molecule has 0 atom stereocenters. The molecule has 0 aliphatic rings. The Hall–Kier alpha value is -2.20. The lowest BCUT2D eigenvalue weighted by Crippen LogP contribution is -2.22.